The fourth-order valence-corrected chi connectivity index (χ4v) is 2.55. The zero-order chi connectivity index (χ0) is 13.6. The molecule has 3 nitrogen and oxygen atoms in total. The van der Waals surface area contributed by atoms with E-state index in [9.17, 15) is 14.3 Å². The van der Waals surface area contributed by atoms with E-state index in [2.05, 4.69) is 0 Å². The van der Waals surface area contributed by atoms with Gasteiger partial charge in [0.2, 0.25) is 0 Å². The average molecular weight is 257 g/mol. The van der Waals surface area contributed by atoms with Gasteiger partial charge in [-0.05, 0) is 12.1 Å². The Balaban J connectivity index is 2.30. The second kappa shape index (κ2) is 3.90. The SMILES string of the molecule is CN1C(=O)c2ccccc2C1(O)c1ccccc1F. The molecule has 0 saturated carbocycles. The van der Waals surface area contributed by atoms with E-state index in [0.29, 0.717) is 11.1 Å². The van der Waals surface area contributed by atoms with Crippen molar-refractivity contribution < 1.29 is 14.3 Å². The first-order valence-electron chi connectivity index (χ1n) is 5.92. The number of carbonyl (C=O) groups excluding carboxylic acids is 1. The van der Waals surface area contributed by atoms with Crippen molar-refractivity contribution >= 4 is 5.91 Å². The number of carbonyl (C=O) groups is 1. The number of benzene rings is 2. The third-order valence-electron chi connectivity index (χ3n) is 3.57. The number of amides is 1. The molecule has 4 heteroatoms. The minimum atomic E-state index is -1.75. The van der Waals surface area contributed by atoms with Crippen molar-refractivity contribution in [3.8, 4) is 0 Å². The molecular formula is C15H12FNO2. The smallest absolute Gasteiger partial charge is 0.256 e. The molecule has 0 spiro atoms. The zero-order valence-corrected chi connectivity index (χ0v) is 10.3. The van der Waals surface area contributed by atoms with Gasteiger partial charge < -0.3 is 10.0 Å². The molecule has 3 rings (SSSR count). The summed E-state index contributed by atoms with van der Waals surface area (Å²) in [5, 5.41) is 10.9. The van der Waals surface area contributed by atoms with Gasteiger partial charge in [-0.15, -0.1) is 0 Å². The molecule has 0 aromatic heterocycles. The Labute approximate surface area is 109 Å². The van der Waals surface area contributed by atoms with Crippen molar-refractivity contribution in [3.05, 3.63) is 71.0 Å². The Morgan fingerprint density at radius 1 is 1.05 bits per heavy atom. The van der Waals surface area contributed by atoms with Gasteiger partial charge in [-0.25, -0.2) is 4.39 Å². The van der Waals surface area contributed by atoms with Crippen LogP contribution in [0.4, 0.5) is 4.39 Å². The highest BCUT2D eigenvalue weighted by Gasteiger charge is 2.48. The van der Waals surface area contributed by atoms with Gasteiger partial charge in [0.25, 0.3) is 5.91 Å². The van der Waals surface area contributed by atoms with E-state index in [1.807, 2.05) is 0 Å². The van der Waals surface area contributed by atoms with Crippen molar-refractivity contribution in [1.82, 2.24) is 4.90 Å². The third-order valence-corrected chi connectivity index (χ3v) is 3.57. The Morgan fingerprint density at radius 3 is 2.32 bits per heavy atom. The van der Waals surface area contributed by atoms with Crippen LogP contribution in [0.1, 0.15) is 21.5 Å². The van der Waals surface area contributed by atoms with Crippen LogP contribution in [0.3, 0.4) is 0 Å². The predicted octanol–water partition coefficient (Wildman–Crippen LogP) is 2.10. The van der Waals surface area contributed by atoms with E-state index in [0.717, 1.165) is 4.90 Å². The van der Waals surface area contributed by atoms with Crippen molar-refractivity contribution in [2.24, 2.45) is 0 Å². The maximum atomic E-state index is 14.0. The highest BCUT2D eigenvalue weighted by molar-refractivity contribution is 6.00. The van der Waals surface area contributed by atoms with Crippen LogP contribution in [0.2, 0.25) is 0 Å². The van der Waals surface area contributed by atoms with Crippen molar-refractivity contribution in [3.63, 3.8) is 0 Å². The van der Waals surface area contributed by atoms with E-state index in [1.54, 1.807) is 36.4 Å². The minimum Gasteiger partial charge on any atom is -0.363 e. The lowest BCUT2D eigenvalue weighted by molar-refractivity contribution is -0.0392. The van der Waals surface area contributed by atoms with E-state index in [1.165, 1.54) is 19.2 Å². The molecule has 1 aliphatic rings. The maximum Gasteiger partial charge on any atom is 0.256 e. The molecule has 1 aliphatic heterocycles. The van der Waals surface area contributed by atoms with Crippen LogP contribution in [0, 0.1) is 5.82 Å². The van der Waals surface area contributed by atoms with Crippen molar-refractivity contribution in [1.29, 1.82) is 0 Å². The van der Waals surface area contributed by atoms with E-state index in [4.69, 9.17) is 0 Å². The summed E-state index contributed by atoms with van der Waals surface area (Å²) >= 11 is 0. The van der Waals surface area contributed by atoms with E-state index in [-0.39, 0.29) is 11.5 Å². The lowest BCUT2D eigenvalue weighted by Crippen LogP contribution is -2.42. The Hall–Kier alpha value is -2.20. The van der Waals surface area contributed by atoms with Gasteiger partial charge in [-0.2, -0.15) is 0 Å². The summed E-state index contributed by atoms with van der Waals surface area (Å²) in [4.78, 5) is 13.3. The largest absolute Gasteiger partial charge is 0.363 e. The molecule has 0 radical (unpaired) electrons. The van der Waals surface area contributed by atoms with Crippen LogP contribution in [-0.2, 0) is 5.72 Å². The van der Waals surface area contributed by atoms with Crippen molar-refractivity contribution in [2.75, 3.05) is 7.05 Å². The molecule has 96 valence electrons. The molecule has 1 unspecified atom stereocenters. The van der Waals surface area contributed by atoms with Crippen LogP contribution in [0.25, 0.3) is 0 Å². The second-order valence-electron chi connectivity index (χ2n) is 4.56. The standard InChI is InChI=1S/C15H12FNO2/c1-17-14(18)10-6-2-3-7-11(10)15(17,19)12-8-4-5-9-13(12)16/h2-9,19H,1H3. The number of hydrogen-bond donors (Lipinski definition) is 1. The Morgan fingerprint density at radius 2 is 1.63 bits per heavy atom. The fraction of sp³-hybridized carbons (Fsp3) is 0.133. The monoisotopic (exact) mass is 257 g/mol. The number of aliphatic hydroxyl groups is 1. The topological polar surface area (TPSA) is 40.5 Å². The molecule has 19 heavy (non-hydrogen) atoms. The molecule has 1 amide bonds. The highest BCUT2D eigenvalue weighted by atomic mass is 19.1. The third kappa shape index (κ3) is 1.43. The summed E-state index contributed by atoms with van der Waals surface area (Å²) in [6.07, 6.45) is 0. The first-order valence-corrected chi connectivity index (χ1v) is 5.92. The predicted molar refractivity (Wildman–Crippen MR) is 67.9 cm³/mol. The van der Waals surface area contributed by atoms with Gasteiger partial charge in [-0.3, -0.25) is 4.79 Å². The minimum absolute atomic E-state index is 0.0794. The van der Waals surface area contributed by atoms with Gasteiger partial charge >= 0.3 is 0 Å². The summed E-state index contributed by atoms with van der Waals surface area (Å²) in [7, 11) is 1.47. The highest BCUT2D eigenvalue weighted by Crippen LogP contribution is 2.41. The van der Waals surface area contributed by atoms with Crippen LogP contribution < -0.4 is 0 Å². The summed E-state index contributed by atoms with van der Waals surface area (Å²) in [6.45, 7) is 0. The average Bonchev–Trinajstić information content (AvgIpc) is 2.63. The van der Waals surface area contributed by atoms with Gasteiger partial charge in [0.15, 0.2) is 5.72 Å². The summed E-state index contributed by atoms with van der Waals surface area (Å²) in [5.74, 6) is -0.859. The molecule has 0 bridgehead atoms. The van der Waals surface area contributed by atoms with Gasteiger partial charge in [-0.1, -0.05) is 36.4 Å². The normalized spacial score (nSPS) is 21.6. The van der Waals surface area contributed by atoms with Crippen molar-refractivity contribution in [2.45, 2.75) is 5.72 Å². The quantitative estimate of drug-likeness (QED) is 0.850. The first kappa shape index (κ1) is 11.9. The maximum absolute atomic E-state index is 14.0. The molecule has 0 fully saturated rings. The summed E-state index contributed by atoms with van der Waals surface area (Å²) < 4.78 is 14.0. The Bertz CT molecular complexity index is 671. The molecule has 0 saturated heterocycles. The number of halogens is 1. The first-order chi connectivity index (χ1) is 9.06. The molecular weight excluding hydrogens is 245 g/mol. The molecule has 1 N–H and O–H groups in total. The van der Waals surface area contributed by atoms with Gasteiger partial charge in [0, 0.05) is 23.7 Å². The molecule has 0 aliphatic carbocycles. The number of fused-ring (bicyclic) bond motifs is 1. The van der Waals surface area contributed by atoms with Crippen LogP contribution in [-0.4, -0.2) is 23.0 Å². The molecule has 2 aromatic rings. The zero-order valence-electron chi connectivity index (χ0n) is 10.3. The Kier molecular flexibility index (Phi) is 2.43. The van der Waals surface area contributed by atoms with Crippen LogP contribution >= 0.6 is 0 Å². The lowest BCUT2D eigenvalue weighted by Gasteiger charge is -2.32. The molecule has 1 heterocycles. The van der Waals surface area contributed by atoms with Crippen LogP contribution in [0.15, 0.2) is 48.5 Å². The second-order valence-corrected chi connectivity index (χ2v) is 4.56. The lowest BCUT2D eigenvalue weighted by atomic mass is 9.93. The van der Waals surface area contributed by atoms with E-state index < -0.39 is 11.5 Å². The van der Waals surface area contributed by atoms with Crippen LogP contribution in [0.5, 0.6) is 0 Å². The molecule has 1 atom stereocenters. The number of rotatable bonds is 1. The number of nitrogens with zero attached hydrogens (tertiary/aromatic N) is 1. The molecule has 2 aromatic carbocycles. The van der Waals surface area contributed by atoms with Gasteiger partial charge in [0.05, 0.1) is 0 Å². The van der Waals surface area contributed by atoms with Gasteiger partial charge in [0.1, 0.15) is 5.82 Å². The summed E-state index contributed by atoms with van der Waals surface area (Å²) in [5.41, 5.74) is -0.863. The van der Waals surface area contributed by atoms with E-state index >= 15 is 0 Å². The number of hydrogen-bond acceptors (Lipinski definition) is 2. The summed E-state index contributed by atoms with van der Waals surface area (Å²) in [6, 6.07) is 12.7. The fourth-order valence-electron chi connectivity index (χ4n) is 2.55.